The Morgan fingerprint density at radius 2 is 1.48 bits per heavy atom. The van der Waals surface area contributed by atoms with Gasteiger partial charge in [0.25, 0.3) is 17.5 Å². The minimum Gasteiger partial charge on any atom is -0.493 e. The van der Waals surface area contributed by atoms with Crippen LogP contribution in [0.1, 0.15) is 52.8 Å². The highest BCUT2D eigenvalue weighted by Crippen LogP contribution is 2.53. The summed E-state index contributed by atoms with van der Waals surface area (Å²) < 4.78 is 10.6. The van der Waals surface area contributed by atoms with Crippen LogP contribution >= 0.6 is 0 Å². The number of anilines is 1. The maximum Gasteiger partial charge on any atom is 0.293 e. The van der Waals surface area contributed by atoms with Crippen molar-refractivity contribution in [1.29, 1.82) is 0 Å². The van der Waals surface area contributed by atoms with Gasteiger partial charge in [0.05, 0.1) is 19.1 Å². The lowest BCUT2D eigenvalue weighted by atomic mass is 9.54. The standard InChI is InChI=1S/C30H36N4O6/c1-39-26-6-4-21(17-27(26)40-2)30(36)33-9-7-32(8-10-33)24-5-3-20(16-25(24)34(37)38)29(35)31-28-22-12-18-11-19(14-22)15-23(28)13-18/h3-6,16-19,22-23,28H,7-15H2,1-2H3,(H,31,35). The van der Waals surface area contributed by atoms with Crippen LogP contribution in [0.15, 0.2) is 36.4 Å². The molecule has 0 spiro atoms. The first kappa shape index (κ1) is 26.4. The van der Waals surface area contributed by atoms with Crippen molar-refractivity contribution in [2.24, 2.45) is 23.7 Å². The van der Waals surface area contributed by atoms with E-state index in [9.17, 15) is 19.7 Å². The second kappa shape index (κ2) is 10.6. The summed E-state index contributed by atoms with van der Waals surface area (Å²) in [4.78, 5) is 41.6. The molecule has 0 radical (unpaired) electrons. The lowest BCUT2D eigenvalue weighted by molar-refractivity contribution is -0.384. The van der Waals surface area contributed by atoms with E-state index in [1.165, 1.54) is 45.3 Å². The van der Waals surface area contributed by atoms with Crippen LogP contribution in [0.25, 0.3) is 0 Å². The maximum absolute atomic E-state index is 13.2. The number of nitro groups is 1. The molecule has 10 nitrogen and oxygen atoms in total. The fourth-order valence-electron chi connectivity index (χ4n) is 7.78. The van der Waals surface area contributed by atoms with Gasteiger partial charge in [0.1, 0.15) is 5.69 Å². The van der Waals surface area contributed by atoms with Crippen molar-refractivity contribution in [2.75, 3.05) is 45.3 Å². The van der Waals surface area contributed by atoms with E-state index in [1.54, 1.807) is 42.3 Å². The van der Waals surface area contributed by atoms with E-state index in [4.69, 9.17) is 9.47 Å². The lowest BCUT2D eigenvalue weighted by Crippen LogP contribution is -2.55. The molecule has 5 fully saturated rings. The summed E-state index contributed by atoms with van der Waals surface area (Å²) in [6.45, 7) is 1.72. The van der Waals surface area contributed by atoms with Crippen molar-refractivity contribution < 1.29 is 24.0 Å². The molecular formula is C30H36N4O6. The fourth-order valence-corrected chi connectivity index (χ4v) is 7.78. The Labute approximate surface area is 233 Å². The predicted molar refractivity (Wildman–Crippen MR) is 149 cm³/mol. The Morgan fingerprint density at radius 3 is 2.08 bits per heavy atom. The van der Waals surface area contributed by atoms with Gasteiger partial charge in [-0.05, 0) is 86.1 Å². The van der Waals surface area contributed by atoms with Crippen LogP contribution in [-0.4, -0.2) is 68.1 Å². The van der Waals surface area contributed by atoms with Crippen molar-refractivity contribution in [3.05, 3.63) is 57.6 Å². The van der Waals surface area contributed by atoms with Gasteiger partial charge in [0, 0.05) is 49.4 Å². The first-order valence-electron chi connectivity index (χ1n) is 14.2. The second-order valence-corrected chi connectivity index (χ2v) is 11.7. The Balaban J connectivity index is 1.12. The first-order valence-corrected chi connectivity index (χ1v) is 14.2. The van der Waals surface area contributed by atoms with Crippen LogP contribution in [-0.2, 0) is 0 Å². The summed E-state index contributed by atoms with van der Waals surface area (Å²) in [5, 5.41) is 15.3. The van der Waals surface area contributed by atoms with Crippen LogP contribution in [0.2, 0.25) is 0 Å². The van der Waals surface area contributed by atoms with E-state index in [0.717, 1.165) is 11.8 Å². The highest BCUT2D eigenvalue weighted by molar-refractivity contribution is 5.96. The summed E-state index contributed by atoms with van der Waals surface area (Å²) in [6.07, 6.45) is 6.12. The van der Waals surface area contributed by atoms with Gasteiger partial charge in [0.2, 0.25) is 0 Å². The van der Waals surface area contributed by atoms with Crippen LogP contribution in [0, 0.1) is 33.8 Å². The predicted octanol–water partition coefficient (Wildman–Crippen LogP) is 4.13. The Bertz CT molecular complexity index is 1290. The molecule has 1 saturated heterocycles. The number of nitro benzene ring substituents is 1. The summed E-state index contributed by atoms with van der Waals surface area (Å²) >= 11 is 0. The average molecular weight is 549 g/mol. The number of methoxy groups -OCH3 is 2. The topological polar surface area (TPSA) is 114 Å². The molecule has 4 bridgehead atoms. The Morgan fingerprint density at radius 1 is 0.850 bits per heavy atom. The van der Waals surface area contributed by atoms with Gasteiger partial charge < -0.3 is 24.6 Å². The number of benzene rings is 2. The Hall–Kier alpha value is -3.82. The van der Waals surface area contributed by atoms with E-state index >= 15 is 0 Å². The molecule has 1 aliphatic heterocycles. The lowest BCUT2D eigenvalue weighted by Gasteiger charge is -2.54. The molecule has 2 aromatic carbocycles. The smallest absolute Gasteiger partial charge is 0.293 e. The molecule has 1 N–H and O–H groups in total. The van der Waals surface area contributed by atoms with Crippen LogP contribution in [0.3, 0.4) is 0 Å². The van der Waals surface area contributed by atoms with Gasteiger partial charge in [-0.2, -0.15) is 0 Å². The molecule has 0 aromatic heterocycles. The van der Waals surface area contributed by atoms with E-state index in [-0.39, 0.29) is 23.5 Å². The van der Waals surface area contributed by atoms with Gasteiger partial charge in [-0.1, -0.05) is 0 Å². The highest BCUT2D eigenvalue weighted by Gasteiger charge is 2.48. The van der Waals surface area contributed by atoms with Crippen molar-refractivity contribution >= 4 is 23.2 Å². The number of hydrogen-bond acceptors (Lipinski definition) is 7. The van der Waals surface area contributed by atoms with E-state index in [2.05, 4.69) is 5.32 Å². The van der Waals surface area contributed by atoms with Gasteiger partial charge in [-0.25, -0.2) is 0 Å². The van der Waals surface area contributed by atoms with E-state index < -0.39 is 4.92 Å². The molecule has 212 valence electrons. The number of piperazine rings is 1. The molecule has 10 heteroatoms. The summed E-state index contributed by atoms with van der Waals surface area (Å²) in [5.41, 5.74) is 1.20. The van der Waals surface area contributed by atoms with Gasteiger partial charge in [0.15, 0.2) is 11.5 Å². The largest absolute Gasteiger partial charge is 0.493 e. The molecule has 7 rings (SSSR count). The third kappa shape index (κ3) is 4.84. The molecule has 0 unspecified atom stereocenters. The van der Waals surface area contributed by atoms with Crippen LogP contribution in [0.4, 0.5) is 11.4 Å². The van der Waals surface area contributed by atoms with Crippen molar-refractivity contribution in [1.82, 2.24) is 10.2 Å². The molecule has 0 atom stereocenters. The SMILES string of the molecule is COc1ccc(C(=O)N2CCN(c3ccc(C(=O)NC4C5CC6CC(C5)CC4C6)cc3[N+](=O)[O-])CC2)cc1OC. The van der Waals surface area contributed by atoms with Gasteiger partial charge in [-0.15, -0.1) is 0 Å². The zero-order chi connectivity index (χ0) is 28.0. The molecule has 5 aliphatic rings. The van der Waals surface area contributed by atoms with Crippen molar-refractivity contribution in [3.8, 4) is 11.5 Å². The normalized spacial score (nSPS) is 26.9. The molecule has 40 heavy (non-hydrogen) atoms. The number of carbonyl (C=O) groups excluding carboxylic acids is 2. The van der Waals surface area contributed by atoms with Gasteiger partial charge >= 0.3 is 0 Å². The third-order valence-corrected chi connectivity index (χ3v) is 9.50. The number of hydrogen-bond donors (Lipinski definition) is 1. The summed E-state index contributed by atoms with van der Waals surface area (Å²) in [5.74, 6) is 3.36. The molecule has 4 saturated carbocycles. The van der Waals surface area contributed by atoms with Crippen LogP contribution in [0.5, 0.6) is 11.5 Å². The average Bonchev–Trinajstić information content (AvgIpc) is 2.97. The molecule has 4 aliphatic carbocycles. The van der Waals surface area contributed by atoms with Crippen molar-refractivity contribution in [3.63, 3.8) is 0 Å². The highest BCUT2D eigenvalue weighted by atomic mass is 16.6. The number of ether oxygens (including phenoxy) is 2. The number of rotatable bonds is 7. The Kier molecular flexibility index (Phi) is 7.02. The zero-order valence-electron chi connectivity index (χ0n) is 23.0. The zero-order valence-corrected chi connectivity index (χ0v) is 23.0. The molecule has 1 heterocycles. The number of carbonyl (C=O) groups is 2. The van der Waals surface area contributed by atoms with E-state index in [1.807, 2.05) is 4.90 Å². The third-order valence-electron chi connectivity index (χ3n) is 9.50. The molecular weight excluding hydrogens is 512 g/mol. The number of amides is 2. The summed E-state index contributed by atoms with van der Waals surface area (Å²) in [7, 11) is 3.07. The van der Waals surface area contributed by atoms with Crippen molar-refractivity contribution in [2.45, 2.75) is 38.1 Å². The quantitative estimate of drug-likeness (QED) is 0.409. The van der Waals surface area contributed by atoms with Gasteiger partial charge in [-0.3, -0.25) is 19.7 Å². The number of nitrogens with one attached hydrogen (secondary N) is 1. The fraction of sp³-hybridized carbons (Fsp3) is 0.533. The minimum atomic E-state index is -0.420. The van der Waals surface area contributed by atoms with E-state index in [0.29, 0.717) is 66.3 Å². The second-order valence-electron chi connectivity index (χ2n) is 11.7. The number of nitrogens with zero attached hydrogens (tertiary/aromatic N) is 3. The minimum absolute atomic E-state index is 0.0857. The molecule has 2 amide bonds. The first-order chi connectivity index (χ1) is 19.3. The monoisotopic (exact) mass is 548 g/mol. The molecule has 2 aromatic rings. The van der Waals surface area contributed by atoms with Crippen LogP contribution < -0.4 is 19.7 Å². The maximum atomic E-state index is 13.2. The summed E-state index contributed by atoms with van der Waals surface area (Å²) in [6, 6.07) is 10.0.